The van der Waals surface area contributed by atoms with E-state index in [1.165, 1.54) is 6.07 Å². The maximum Gasteiger partial charge on any atom is 0.320 e. The third-order valence-electron chi connectivity index (χ3n) is 4.57. The fraction of sp³-hybridized carbons (Fsp3) is 0.500. The van der Waals surface area contributed by atoms with Gasteiger partial charge in [0.15, 0.2) is 0 Å². The van der Waals surface area contributed by atoms with E-state index in [0.29, 0.717) is 31.9 Å². The van der Waals surface area contributed by atoms with Crippen molar-refractivity contribution in [3.8, 4) is 6.07 Å². The van der Waals surface area contributed by atoms with Crippen LogP contribution in [0.5, 0.6) is 0 Å². The van der Waals surface area contributed by atoms with E-state index < -0.39 is 4.92 Å². The number of anilines is 1. The number of hydrogen-bond acceptors (Lipinski definition) is 5. The molecule has 0 aliphatic carbocycles. The molecule has 0 saturated carbocycles. The van der Waals surface area contributed by atoms with Crippen LogP contribution in [-0.4, -0.2) is 60.0 Å². The minimum atomic E-state index is -0.460. The van der Waals surface area contributed by atoms with Crippen molar-refractivity contribution in [3.63, 3.8) is 0 Å². The van der Waals surface area contributed by atoms with Crippen molar-refractivity contribution >= 4 is 17.4 Å². The van der Waals surface area contributed by atoms with Crippen molar-refractivity contribution in [3.05, 3.63) is 33.9 Å². The molecular formula is C16H19N5O3. The summed E-state index contributed by atoms with van der Waals surface area (Å²) >= 11 is 0. The Labute approximate surface area is 140 Å². The first-order chi connectivity index (χ1) is 11.6. The number of piperazine rings is 1. The lowest BCUT2D eigenvalue weighted by molar-refractivity contribution is -0.384. The van der Waals surface area contributed by atoms with Crippen LogP contribution >= 0.6 is 0 Å². The average Bonchev–Trinajstić information content (AvgIpc) is 3.15. The zero-order valence-corrected chi connectivity index (χ0v) is 13.3. The van der Waals surface area contributed by atoms with E-state index in [1.807, 2.05) is 20.8 Å². The van der Waals surface area contributed by atoms with Crippen LogP contribution in [0.15, 0.2) is 18.2 Å². The molecule has 8 heteroatoms. The Balaban J connectivity index is 1.69. The highest BCUT2D eigenvalue weighted by molar-refractivity contribution is 5.75. The molecule has 0 atom stereocenters. The Morgan fingerprint density at radius 1 is 1.08 bits per heavy atom. The van der Waals surface area contributed by atoms with Crippen molar-refractivity contribution in [1.82, 2.24) is 9.80 Å². The summed E-state index contributed by atoms with van der Waals surface area (Å²) in [5.74, 6) is 0. The molecule has 0 radical (unpaired) electrons. The normalized spacial score (nSPS) is 17.7. The zero-order chi connectivity index (χ0) is 17.1. The number of nitriles is 1. The van der Waals surface area contributed by atoms with Gasteiger partial charge < -0.3 is 14.7 Å². The van der Waals surface area contributed by atoms with Crippen molar-refractivity contribution in [1.29, 1.82) is 5.26 Å². The second kappa shape index (κ2) is 6.74. The van der Waals surface area contributed by atoms with Gasteiger partial charge in [-0.2, -0.15) is 5.26 Å². The first-order valence-electron chi connectivity index (χ1n) is 8.07. The van der Waals surface area contributed by atoms with Gasteiger partial charge in [-0.05, 0) is 25.0 Å². The number of urea groups is 1. The van der Waals surface area contributed by atoms with Crippen molar-refractivity contribution in [2.75, 3.05) is 44.2 Å². The van der Waals surface area contributed by atoms with Gasteiger partial charge in [0.1, 0.15) is 5.69 Å². The Bertz CT molecular complexity index is 685. The number of amides is 2. The van der Waals surface area contributed by atoms with E-state index in [1.54, 1.807) is 12.1 Å². The molecule has 2 aliphatic rings. The summed E-state index contributed by atoms with van der Waals surface area (Å²) < 4.78 is 0. The number of hydrogen-bond donors (Lipinski definition) is 0. The SMILES string of the molecule is N#Cc1ccc(N2CCN(C(=O)N3CCCC3)CC2)c([N+](=O)[O-])c1. The summed E-state index contributed by atoms with van der Waals surface area (Å²) in [6, 6.07) is 6.50. The molecule has 1 aromatic carbocycles. The maximum atomic E-state index is 12.4. The van der Waals surface area contributed by atoms with Gasteiger partial charge in [-0.1, -0.05) is 0 Å². The van der Waals surface area contributed by atoms with Crippen LogP contribution in [0.25, 0.3) is 0 Å². The average molecular weight is 329 g/mol. The minimum Gasteiger partial charge on any atom is -0.362 e. The summed E-state index contributed by atoms with van der Waals surface area (Å²) in [7, 11) is 0. The number of nitrogens with zero attached hydrogens (tertiary/aromatic N) is 5. The van der Waals surface area contributed by atoms with Gasteiger partial charge in [-0.3, -0.25) is 10.1 Å². The molecule has 1 aromatic rings. The van der Waals surface area contributed by atoms with E-state index in [9.17, 15) is 14.9 Å². The Morgan fingerprint density at radius 2 is 1.71 bits per heavy atom. The molecule has 0 unspecified atom stereocenters. The molecule has 2 heterocycles. The van der Waals surface area contributed by atoms with E-state index >= 15 is 0 Å². The van der Waals surface area contributed by atoms with Gasteiger partial charge in [-0.25, -0.2) is 4.79 Å². The molecule has 8 nitrogen and oxygen atoms in total. The molecule has 0 spiro atoms. The van der Waals surface area contributed by atoms with Crippen LogP contribution in [0.1, 0.15) is 18.4 Å². The fourth-order valence-corrected chi connectivity index (χ4v) is 3.25. The van der Waals surface area contributed by atoms with Gasteiger partial charge in [-0.15, -0.1) is 0 Å². The number of benzene rings is 1. The Hall–Kier alpha value is -2.82. The largest absolute Gasteiger partial charge is 0.362 e. The monoisotopic (exact) mass is 329 g/mol. The first-order valence-corrected chi connectivity index (χ1v) is 8.07. The number of carbonyl (C=O) groups is 1. The van der Waals surface area contributed by atoms with Crippen molar-refractivity contribution in [2.24, 2.45) is 0 Å². The third kappa shape index (κ3) is 3.11. The topological polar surface area (TPSA) is 93.7 Å². The second-order valence-electron chi connectivity index (χ2n) is 6.02. The number of likely N-dealkylation sites (tertiary alicyclic amines) is 1. The maximum absolute atomic E-state index is 12.4. The molecule has 24 heavy (non-hydrogen) atoms. The number of nitro groups is 1. The molecule has 2 aliphatic heterocycles. The number of carbonyl (C=O) groups excluding carboxylic acids is 1. The van der Waals surface area contributed by atoms with E-state index in [4.69, 9.17) is 5.26 Å². The predicted molar refractivity (Wildman–Crippen MR) is 87.8 cm³/mol. The van der Waals surface area contributed by atoms with Crippen LogP contribution in [-0.2, 0) is 0 Å². The van der Waals surface area contributed by atoms with Crippen molar-refractivity contribution < 1.29 is 9.72 Å². The Kier molecular flexibility index (Phi) is 4.51. The highest BCUT2D eigenvalue weighted by Crippen LogP contribution is 2.30. The molecule has 0 N–H and O–H groups in total. The lowest BCUT2D eigenvalue weighted by atomic mass is 10.1. The zero-order valence-electron chi connectivity index (χ0n) is 13.3. The molecule has 2 fully saturated rings. The van der Waals surface area contributed by atoms with E-state index in [2.05, 4.69) is 0 Å². The lowest BCUT2D eigenvalue weighted by Crippen LogP contribution is -2.52. The van der Waals surface area contributed by atoms with Crippen LogP contribution in [0.3, 0.4) is 0 Å². The smallest absolute Gasteiger partial charge is 0.320 e. The summed E-state index contributed by atoms with van der Waals surface area (Å²) in [6.07, 6.45) is 2.12. The molecule has 0 bridgehead atoms. The summed E-state index contributed by atoms with van der Waals surface area (Å²) in [5.41, 5.74) is 0.717. The highest BCUT2D eigenvalue weighted by atomic mass is 16.6. The van der Waals surface area contributed by atoms with Crippen LogP contribution in [0.4, 0.5) is 16.2 Å². The first kappa shape index (κ1) is 16.1. The quantitative estimate of drug-likeness (QED) is 0.609. The van der Waals surface area contributed by atoms with Gasteiger partial charge in [0.25, 0.3) is 5.69 Å². The standard InChI is InChI=1S/C16H19N5O3/c17-12-13-3-4-14(15(11-13)21(23)24)18-7-9-20(10-8-18)16(22)19-5-1-2-6-19/h3-4,11H,1-2,5-10H2. The number of nitro benzene ring substituents is 1. The predicted octanol–water partition coefficient (Wildman–Crippen LogP) is 1.80. The molecule has 0 aromatic heterocycles. The summed E-state index contributed by atoms with van der Waals surface area (Å²) in [4.78, 5) is 28.8. The fourth-order valence-electron chi connectivity index (χ4n) is 3.25. The number of rotatable bonds is 2. The van der Waals surface area contributed by atoms with Crippen LogP contribution in [0, 0.1) is 21.4 Å². The second-order valence-corrected chi connectivity index (χ2v) is 6.02. The summed E-state index contributed by atoms with van der Waals surface area (Å²) in [6.45, 7) is 3.83. The van der Waals surface area contributed by atoms with E-state index in [-0.39, 0.29) is 17.3 Å². The van der Waals surface area contributed by atoms with Crippen LogP contribution in [0.2, 0.25) is 0 Å². The Morgan fingerprint density at radius 3 is 2.29 bits per heavy atom. The van der Waals surface area contributed by atoms with Gasteiger partial charge in [0.2, 0.25) is 0 Å². The van der Waals surface area contributed by atoms with Gasteiger partial charge in [0, 0.05) is 45.3 Å². The molecule has 3 rings (SSSR count). The third-order valence-corrected chi connectivity index (χ3v) is 4.57. The van der Waals surface area contributed by atoms with Gasteiger partial charge in [0.05, 0.1) is 16.6 Å². The van der Waals surface area contributed by atoms with Crippen LogP contribution < -0.4 is 4.90 Å². The van der Waals surface area contributed by atoms with E-state index in [0.717, 1.165) is 25.9 Å². The summed E-state index contributed by atoms with van der Waals surface area (Å²) in [5, 5.41) is 20.2. The molecule has 2 saturated heterocycles. The highest BCUT2D eigenvalue weighted by Gasteiger charge is 2.29. The minimum absolute atomic E-state index is 0.0617. The van der Waals surface area contributed by atoms with Crippen molar-refractivity contribution in [2.45, 2.75) is 12.8 Å². The molecule has 2 amide bonds. The molecule has 126 valence electrons. The lowest BCUT2D eigenvalue weighted by Gasteiger charge is -2.37. The van der Waals surface area contributed by atoms with Gasteiger partial charge >= 0.3 is 6.03 Å². The molecular weight excluding hydrogens is 310 g/mol.